The number of cyclic esters (lactones) is 1. The van der Waals surface area contributed by atoms with Gasteiger partial charge in [0.2, 0.25) is 5.91 Å². The summed E-state index contributed by atoms with van der Waals surface area (Å²) in [5.74, 6) is -3.38. The molecule has 0 aliphatic carbocycles. The van der Waals surface area contributed by atoms with Gasteiger partial charge >= 0.3 is 5.97 Å². The summed E-state index contributed by atoms with van der Waals surface area (Å²) in [5, 5.41) is 37.8. The number of aliphatic hydroxyl groups excluding tert-OH is 2. The predicted octanol–water partition coefficient (Wildman–Crippen LogP) is 4.42. The van der Waals surface area contributed by atoms with Gasteiger partial charge in [0.1, 0.15) is 23.9 Å². The summed E-state index contributed by atoms with van der Waals surface area (Å²) < 4.78 is 45.4. The summed E-state index contributed by atoms with van der Waals surface area (Å²) in [4.78, 5) is 35.6. The molecule has 4 saturated heterocycles. The van der Waals surface area contributed by atoms with Gasteiger partial charge in [-0.3, -0.25) is 14.6 Å². The lowest BCUT2D eigenvalue weighted by molar-refractivity contribution is -0.308. The van der Waals surface area contributed by atoms with Gasteiger partial charge in [0.25, 0.3) is 0 Å². The van der Waals surface area contributed by atoms with Crippen LogP contribution < -0.4 is 5.32 Å². The summed E-state index contributed by atoms with van der Waals surface area (Å²) in [6.07, 6.45) is -6.79. The minimum atomic E-state index is -1.94. The Morgan fingerprint density at radius 2 is 1.59 bits per heavy atom. The normalized spacial score (nSPS) is 45.1. The molecule has 15 nitrogen and oxygen atoms in total. The molecule has 0 spiro atoms. The molecule has 4 aliphatic heterocycles. The van der Waals surface area contributed by atoms with E-state index < -0.39 is 95.8 Å². The number of ether oxygens (including phenoxy) is 7. The molecule has 0 bridgehead atoms. The van der Waals surface area contributed by atoms with Crippen LogP contribution in [0.15, 0.2) is 35.3 Å². The van der Waals surface area contributed by atoms with Crippen molar-refractivity contribution < 1.29 is 58.1 Å². The maximum absolute atomic E-state index is 14.5. The van der Waals surface area contributed by atoms with E-state index >= 15 is 0 Å². The third-order valence-corrected chi connectivity index (χ3v) is 15.2. The van der Waals surface area contributed by atoms with Crippen LogP contribution in [0.3, 0.4) is 0 Å². The first-order valence-corrected chi connectivity index (χ1v) is 22.8. The molecule has 4 aliphatic rings. The molecule has 1 amide bonds. The van der Waals surface area contributed by atoms with E-state index in [2.05, 4.69) is 29.4 Å². The molecule has 0 saturated carbocycles. The Kier molecular flexibility index (Phi) is 16.4. The highest BCUT2D eigenvalue weighted by Crippen LogP contribution is 2.45. The van der Waals surface area contributed by atoms with E-state index in [1.165, 1.54) is 14.0 Å². The summed E-state index contributed by atoms with van der Waals surface area (Å²) in [6, 6.07) is 9.22. The van der Waals surface area contributed by atoms with Gasteiger partial charge in [0.15, 0.2) is 17.7 Å². The molecule has 1 unspecified atom stereocenters. The maximum Gasteiger partial charge on any atom is 0.311 e. The van der Waals surface area contributed by atoms with Crippen molar-refractivity contribution in [1.29, 1.82) is 0 Å². The smallest absolute Gasteiger partial charge is 0.311 e. The van der Waals surface area contributed by atoms with Crippen LogP contribution in [-0.4, -0.2) is 148 Å². The summed E-state index contributed by atoms with van der Waals surface area (Å²) >= 11 is 1.61. The average Bonchev–Trinajstić information content (AvgIpc) is 3.55. The number of aliphatic hydroxyl groups is 3. The molecule has 346 valence electrons. The highest BCUT2D eigenvalue weighted by molar-refractivity contribution is 8.14. The van der Waals surface area contributed by atoms with Gasteiger partial charge in [0.05, 0.1) is 65.4 Å². The zero-order valence-electron chi connectivity index (χ0n) is 38.4. The third kappa shape index (κ3) is 10.8. The number of hydrogen-bond donors (Lipinski definition) is 4. The fourth-order valence-electron chi connectivity index (χ4n) is 9.64. The fraction of sp³-hybridized carbons (Fsp3) is 0.800. The van der Waals surface area contributed by atoms with Crippen LogP contribution in [0.4, 0.5) is 0 Å². The second-order valence-corrected chi connectivity index (χ2v) is 19.7. The van der Waals surface area contributed by atoms with E-state index in [0.29, 0.717) is 6.54 Å². The standard InChI is InChI=1S/C45H73N3O12S/c1-14-32-45(10,53)36(49)28(6)47-39(51)24(2)21-44(9,55-13)38(26(4)34(27(5)40(52)58-32)59-33-22-43(8,54-12)37(50)29(7)57-33)60-41-35-31(20-25(3)56-41)48(11)42(61-35)46-23-30-18-16-15-17-19-30/h15-19,24-29,31-38,41,49-50,53H,14,20-23H2,1-13H3,(H,47,51)/t24-,25-,26+,27-,28-,29+,31+,32?,33+,34+,35+,36-,37+,38-,41+,43-,44-,45-/m1/s1. The molecule has 0 radical (unpaired) electrons. The van der Waals surface area contributed by atoms with Crippen LogP contribution in [0, 0.1) is 17.8 Å². The number of aliphatic imine (C=N–C) groups is 1. The number of esters is 1. The van der Waals surface area contributed by atoms with Crippen molar-refractivity contribution in [3.05, 3.63) is 35.9 Å². The molecule has 61 heavy (non-hydrogen) atoms. The first-order valence-electron chi connectivity index (χ1n) is 21.9. The molecular weight excluding hydrogens is 807 g/mol. The van der Waals surface area contributed by atoms with Gasteiger partial charge in [-0.25, -0.2) is 0 Å². The Hall–Kier alpha value is -2.38. The molecule has 5 rings (SSSR count). The van der Waals surface area contributed by atoms with Crippen molar-refractivity contribution in [3.8, 4) is 0 Å². The number of nitrogens with zero attached hydrogens (tertiary/aromatic N) is 2. The van der Waals surface area contributed by atoms with E-state index in [9.17, 15) is 24.9 Å². The summed E-state index contributed by atoms with van der Waals surface area (Å²) in [6.45, 7) is 18.1. The van der Waals surface area contributed by atoms with Crippen molar-refractivity contribution in [2.75, 3.05) is 21.3 Å². The van der Waals surface area contributed by atoms with Gasteiger partial charge in [0, 0.05) is 39.5 Å². The Bertz CT molecular complexity index is 1660. The number of amidine groups is 1. The topological polar surface area (TPSA) is 187 Å². The zero-order valence-corrected chi connectivity index (χ0v) is 39.2. The number of thioether (sulfide) groups is 1. The Morgan fingerprint density at radius 1 is 0.934 bits per heavy atom. The van der Waals surface area contributed by atoms with Gasteiger partial charge in [-0.05, 0) is 73.3 Å². The predicted molar refractivity (Wildman–Crippen MR) is 232 cm³/mol. The van der Waals surface area contributed by atoms with Crippen molar-refractivity contribution in [2.24, 2.45) is 22.7 Å². The average molecular weight is 880 g/mol. The lowest BCUT2D eigenvalue weighted by Gasteiger charge is -2.49. The van der Waals surface area contributed by atoms with Gasteiger partial charge in [-0.15, -0.1) is 0 Å². The number of carbonyl (C=O) groups is 2. The SMILES string of the molecule is CCC1OC(=O)[C@H](C)[C@@H](O[C@H]2C[C@@](C)(OC)[C@@H](O)[C@H](C)O2)[C@H](C)[C@@H](O[C@@H]2O[C@H](C)C[C@H]3[C@@H]2SC(=NCc2ccccc2)N3C)[C@](C)(OC)C[C@@H](C)C(=O)N[C@H](C)[C@@H](O)[C@]1(C)O. The number of amides is 1. The fourth-order valence-corrected chi connectivity index (χ4v) is 11.0. The van der Waals surface area contributed by atoms with Crippen LogP contribution in [0.25, 0.3) is 0 Å². The number of benzene rings is 1. The largest absolute Gasteiger partial charge is 0.459 e. The maximum atomic E-state index is 14.5. The Balaban J connectivity index is 1.59. The summed E-state index contributed by atoms with van der Waals surface area (Å²) in [7, 11) is 5.15. The lowest BCUT2D eigenvalue weighted by atomic mass is 9.77. The van der Waals surface area contributed by atoms with Crippen molar-refractivity contribution in [3.63, 3.8) is 0 Å². The molecule has 0 aromatic heterocycles. The minimum absolute atomic E-state index is 0.0345. The third-order valence-electron chi connectivity index (χ3n) is 13.7. The molecule has 16 heteroatoms. The molecule has 4 heterocycles. The highest BCUT2D eigenvalue weighted by atomic mass is 32.2. The quantitative estimate of drug-likeness (QED) is 0.256. The second-order valence-electron chi connectivity index (χ2n) is 18.6. The van der Waals surface area contributed by atoms with E-state index in [-0.39, 0.29) is 42.6 Å². The number of rotatable bonds is 9. The van der Waals surface area contributed by atoms with Crippen molar-refractivity contribution >= 4 is 28.8 Å². The molecule has 1 aromatic rings. The van der Waals surface area contributed by atoms with Crippen LogP contribution >= 0.6 is 11.8 Å². The van der Waals surface area contributed by atoms with Crippen molar-refractivity contribution in [2.45, 2.75) is 191 Å². The first-order chi connectivity index (χ1) is 28.6. The van der Waals surface area contributed by atoms with E-state index in [1.807, 2.05) is 39.0 Å². The number of hydrogen-bond acceptors (Lipinski definition) is 14. The Labute approximate surface area is 366 Å². The van der Waals surface area contributed by atoms with Crippen molar-refractivity contribution in [1.82, 2.24) is 10.2 Å². The first kappa shape index (κ1) is 49.6. The zero-order chi connectivity index (χ0) is 45.2. The molecule has 18 atom stereocenters. The number of methoxy groups -OCH3 is 2. The minimum Gasteiger partial charge on any atom is -0.459 e. The number of carbonyl (C=O) groups excluding carboxylic acids is 2. The van der Waals surface area contributed by atoms with Gasteiger partial charge < -0.3 is 58.7 Å². The monoisotopic (exact) mass is 879 g/mol. The lowest BCUT2D eigenvalue weighted by Crippen LogP contribution is -2.60. The highest BCUT2D eigenvalue weighted by Gasteiger charge is 2.55. The Morgan fingerprint density at radius 3 is 2.21 bits per heavy atom. The van der Waals surface area contributed by atoms with E-state index in [1.54, 1.807) is 60.4 Å². The molecular formula is C45H73N3O12S. The van der Waals surface area contributed by atoms with Gasteiger partial charge in [-0.1, -0.05) is 62.9 Å². The molecule has 4 fully saturated rings. The second kappa shape index (κ2) is 20.2. The van der Waals surface area contributed by atoms with Crippen LogP contribution in [0.1, 0.15) is 100 Å². The van der Waals surface area contributed by atoms with E-state index in [0.717, 1.165) is 17.2 Å². The van der Waals surface area contributed by atoms with Crippen LogP contribution in [-0.2, 0) is 49.3 Å². The van der Waals surface area contributed by atoms with Crippen LogP contribution in [0.5, 0.6) is 0 Å². The number of nitrogens with one attached hydrogen (secondary N) is 1. The molecule has 4 N–H and O–H groups in total. The van der Waals surface area contributed by atoms with E-state index in [4.69, 9.17) is 38.2 Å². The summed E-state index contributed by atoms with van der Waals surface area (Å²) in [5.41, 5.74) is -3.06. The van der Waals surface area contributed by atoms with Crippen LogP contribution in [0.2, 0.25) is 0 Å². The van der Waals surface area contributed by atoms with Gasteiger partial charge in [-0.2, -0.15) is 0 Å². The number of fused-ring (bicyclic) bond motifs is 1. The molecule has 1 aromatic carbocycles.